The van der Waals surface area contributed by atoms with Crippen molar-refractivity contribution in [1.82, 2.24) is 0 Å². The van der Waals surface area contributed by atoms with Gasteiger partial charge in [-0.15, -0.1) is 0 Å². The first-order valence-electron chi connectivity index (χ1n) is 14.7. The minimum atomic E-state index is -1.26. The molecule has 0 radical (unpaired) electrons. The molecule has 1 atom stereocenters. The van der Waals surface area contributed by atoms with Gasteiger partial charge in [0.15, 0.2) is 6.10 Å². The number of hydrogen-bond acceptors (Lipinski definition) is 3. The van der Waals surface area contributed by atoms with Crippen LogP contribution in [0.5, 0.6) is 0 Å². The van der Waals surface area contributed by atoms with E-state index < -0.39 is 17.7 Å². The number of hydrogen-bond donors (Lipinski definition) is 2. The molecule has 2 N–H and O–H groups in total. The lowest BCUT2D eigenvalue weighted by atomic mass is 9.81. The number of carbonyl (C=O) groups is 2. The molecule has 4 aromatic carbocycles. The Kier molecular flexibility index (Phi) is 9.26. The van der Waals surface area contributed by atoms with E-state index in [4.69, 9.17) is 4.74 Å². The van der Waals surface area contributed by atoms with E-state index in [9.17, 15) is 14.7 Å². The minimum Gasteiger partial charge on any atom is -0.479 e. The number of benzene rings is 4. The Balaban J connectivity index is 2.09. The van der Waals surface area contributed by atoms with Gasteiger partial charge in [0.25, 0.3) is 0 Å². The SMILES string of the molecule is Cc1ccc(-c2c(C)c(-c3ccc(C)c(C)c3)c(C(OC(C)(C)C)C(=O)O)c(C)c2NC(=O)Cc2ccccc2)cc1C. The Morgan fingerprint density at radius 3 is 1.77 bits per heavy atom. The zero-order chi connectivity index (χ0) is 31.6. The number of aryl methyl sites for hydroxylation is 4. The number of rotatable bonds is 8. The average molecular weight is 578 g/mol. The minimum absolute atomic E-state index is 0.174. The highest BCUT2D eigenvalue weighted by Crippen LogP contribution is 2.47. The molecule has 5 nitrogen and oxygen atoms in total. The molecule has 224 valence electrons. The number of carboxylic acids is 1. The van der Waals surface area contributed by atoms with E-state index in [1.807, 2.05) is 71.0 Å². The molecule has 4 aromatic rings. The quantitative estimate of drug-likeness (QED) is 0.219. The standard InChI is InChI=1S/C38H43NO4/c1-22-15-17-29(19-24(22)3)32-26(5)33(30-18-16-23(2)25(4)20-30)35(39-31(40)21-28-13-11-10-12-14-28)27(6)34(32)36(37(41)42)43-38(7,8)9/h10-20,36H,21H2,1-9H3,(H,39,40)(H,41,42). The predicted octanol–water partition coefficient (Wildman–Crippen LogP) is 8.99. The van der Waals surface area contributed by atoms with Crippen molar-refractivity contribution in [2.45, 2.75) is 80.4 Å². The maximum Gasteiger partial charge on any atom is 0.337 e. The van der Waals surface area contributed by atoms with E-state index in [2.05, 4.69) is 63.3 Å². The lowest BCUT2D eigenvalue weighted by molar-refractivity contribution is -0.160. The Labute approximate surface area is 255 Å². The number of amides is 1. The van der Waals surface area contributed by atoms with Crippen molar-refractivity contribution in [3.63, 3.8) is 0 Å². The molecule has 0 aliphatic heterocycles. The molecule has 0 saturated carbocycles. The van der Waals surface area contributed by atoms with Crippen molar-refractivity contribution < 1.29 is 19.4 Å². The van der Waals surface area contributed by atoms with Crippen LogP contribution in [0.2, 0.25) is 0 Å². The monoisotopic (exact) mass is 577 g/mol. The Morgan fingerprint density at radius 2 is 1.28 bits per heavy atom. The van der Waals surface area contributed by atoms with Crippen molar-refractivity contribution >= 4 is 17.6 Å². The predicted molar refractivity (Wildman–Crippen MR) is 176 cm³/mol. The van der Waals surface area contributed by atoms with Gasteiger partial charge in [0.1, 0.15) is 0 Å². The molecule has 0 spiro atoms. The molecule has 0 aliphatic carbocycles. The summed E-state index contributed by atoms with van der Waals surface area (Å²) in [6.07, 6.45) is -1.06. The number of carboxylic acid groups (broad SMARTS) is 1. The highest BCUT2D eigenvalue weighted by atomic mass is 16.5. The summed E-state index contributed by atoms with van der Waals surface area (Å²) in [6.45, 7) is 17.7. The van der Waals surface area contributed by atoms with Gasteiger partial charge in [-0.2, -0.15) is 0 Å². The highest BCUT2D eigenvalue weighted by Gasteiger charge is 2.34. The van der Waals surface area contributed by atoms with Crippen LogP contribution >= 0.6 is 0 Å². The van der Waals surface area contributed by atoms with Crippen molar-refractivity contribution in [2.24, 2.45) is 0 Å². The summed E-state index contributed by atoms with van der Waals surface area (Å²) in [5.41, 5.74) is 11.0. The van der Waals surface area contributed by atoms with E-state index in [1.54, 1.807) is 0 Å². The van der Waals surface area contributed by atoms with Crippen LogP contribution in [0.1, 0.15) is 71.4 Å². The van der Waals surface area contributed by atoms with Crippen LogP contribution < -0.4 is 5.32 Å². The van der Waals surface area contributed by atoms with E-state index in [1.165, 1.54) is 5.56 Å². The molecule has 0 bridgehead atoms. The molecule has 0 saturated heterocycles. The third kappa shape index (κ3) is 7.06. The normalized spacial score (nSPS) is 12.2. The molecule has 0 heterocycles. The molecular formula is C38H43NO4. The third-order valence-electron chi connectivity index (χ3n) is 8.07. The topological polar surface area (TPSA) is 75.6 Å². The van der Waals surface area contributed by atoms with E-state index in [0.717, 1.165) is 50.1 Å². The van der Waals surface area contributed by atoms with Crippen LogP contribution in [0.25, 0.3) is 22.3 Å². The Bertz CT molecular complexity index is 1680. The molecule has 4 rings (SSSR count). The second-order valence-corrected chi connectivity index (χ2v) is 12.5. The largest absolute Gasteiger partial charge is 0.479 e. The number of carbonyl (C=O) groups excluding carboxylic acids is 1. The van der Waals surface area contributed by atoms with Crippen molar-refractivity contribution in [3.05, 3.63) is 111 Å². The van der Waals surface area contributed by atoms with Crippen LogP contribution in [0.3, 0.4) is 0 Å². The van der Waals surface area contributed by atoms with Gasteiger partial charge in [0.05, 0.1) is 17.7 Å². The summed E-state index contributed by atoms with van der Waals surface area (Å²) >= 11 is 0. The molecule has 0 aliphatic rings. The fraction of sp³-hybridized carbons (Fsp3) is 0.316. The van der Waals surface area contributed by atoms with Crippen LogP contribution in [0.4, 0.5) is 5.69 Å². The van der Waals surface area contributed by atoms with Gasteiger partial charge >= 0.3 is 5.97 Å². The van der Waals surface area contributed by atoms with E-state index in [0.29, 0.717) is 16.8 Å². The molecule has 1 unspecified atom stereocenters. The first-order chi connectivity index (χ1) is 20.2. The fourth-order valence-corrected chi connectivity index (χ4v) is 5.59. The summed E-state index contributed by atoms with van der Waals surface area (Å²) in [5.74, 6) is -1.25. The van der Waals surface area contributed by atoms with Gasteiger partial charge in [-0.3, -0.25) is 4.79 Å². The smallest absolute Gasteiger partial charge is 0.337 e. The number of anilines is 1. The van der Waals surface area contributed by atoms with Crippen LogP contribution in [-0.4, -0.2) is 22.6 Å². The Hall–Kier alpha value is -4.22. The average Bonchev–Trinajstić information content (AvgIpc) is 2.92. The summed E-state index contributed by atoms with van der Waals surface area (Å²) in [7, 11) is 0. The summed E-state index contributed by atoms with van der Waals surface area (Å²) in [4.78, 5) is 26.5. The Morgan fingerprint density at radius 1 is 0.744 bits per heavy atom. The number of aliphatic carboxylic acids is 1. The molecule has 43 heavy (non-hydrogen) atoms. The van der Waals surface area contributed by atoms with E-state index in [-0.39, 0.29) is 12.3 Å². The molecule has 1 amide bonds. The lowest BCUT2D eigenvalue weighted by Gasteiger charge is -2.31. The van der Waals surface area contributed by atoms with Gasteiger partial charge in [-0.25, -0.2) is 4.79 Å². The first-order valence-corrected chi connectivity index (χ1v) is 14.7. The van der Waals surface area contributed by atoms with Crippen LogP contribution in [0, 0.1) is 41.5 Å². The van der Waals surface area contributed by atoms with Crippen molar-refractivity contribution in [1.29, 1.82) is 0 Å². The van der Waals surface area contributed by atoms with Crippen molar-refractivity contribution in [2.75, 3.05) is 5.32 Å². The maximum atomic E-state index is 13.6. The van der Waals surface area contributed by atoms with Gasteiger partial charge in [-0.1, -0.05) is 66.7 Å². The fourth-order valence-electron chi connectivity index (χ4n) is 5.59. The van der Waals surface area contributed by atoms with Gasteiger partial charge in [0, 0.05) is 11.1 Å². The second kappa shape index (κ2) is 12.6. The number of ether oxygens (including phenoxy) is 1. The molecular weight excluding hydrogens is 534 g/mol. The van der Waals surface area contributed by atoms with Crippen LogP contribution in [0.15, 0.2) is 66.7 Å². The maximum absolute atomic E-state index is 13.6. The molecule has 0 aromatic heterocycles. The van der Waals surface area contributed by atoms with Gasteiger partial charge < -0.3 is 15.2 Å². The lowest BCUT2D eigenvalue weighted by Crippen LogP contribution is -2.29. The van der Waals surface area contributed by atoms with Gasteiger partial charge in [-0.05, 0) is 118 Å². The van der Waals surface area contributed by atoms with Gasteiger partial charge in [0.2, 0.25) is 5.91 Å². The van der Waals surface area contributed by atoms with Crippen LogP contribution in [-0.2, 0) is 20.7 Å². The summed E-state index contributed by atoms with van der Waals surface area (Å²) < 4.78 is 6.26. The second-order valence-electron chi connectivity index (χ2n) is 12.5. The zero-order valence-electron chi connectivity index (χ0n) is 26.8. The highest BCUT2D eigenvalue weighted by molar-refractivity contribution is 6.02. The zero-order valence-corrected chi connectivity index (χ0v) is 26.8. The molecule has 0 fully saturated rings. The number of nitrogens with one attached hydrogen (secondary N) is 1. The molecule has 5 heteroatoms. The third-order valence-corrected chi connectivity index (χ3v) is 8.07. The summed E-state index contributed by atoms with van der Waals surface area (Å²) in [5, 5.41) is 13.8. The summed E-state index contributed by atoms with van der Waals surface area (Å²) in [6, 6.07) is 22.1. The van der Waals surface area contributed by atoms with Crippen molar-refractivity contribution in [3.8, 4) is 22.3 Å². The van der Waals surface area contributed by atoms with E-state index >= 15 is 0 Å². The first kappa shape index (κ1) is 31.7.